The van der Waals surface area contributed by atoms with Crippen molar-refractivity contribution in [1.82, 2.24) is 25.1 Å². The van der Waals surface area contributed by atoms with Gasteiger partial charge in [0.2, 0.25) is 5.91 Å². The largest absolute Gasteiger partial charge is 0.369 e. The van der Waals surface area contributed by atoms with Crippen LogP contribution in [-0.4, -0.2) is 44.8 Å². The normalized spacial score (nSPS) is 17.0. The van der Waals surface area contributed by atoms with Crippen LogP contribution in [0.25, 0.3) is 17.2 Å². The molecule has 1 aliphatic rings. The molecule has 162 valence electrons. The minimum atomic E-state index is -0.190. The monoisotopic (exact) mass is 420 g/mol. The lowest BCUT2D eigenvalue weighted by atomic mass is 10.0. The highest BCUT2D eigenvalue weighted by Crippen LogP contribution is 2.27. The van der Waals surface area contributed by atoms with Crippen molar-refractivity contribution in [1.29, 1.82) is 0 Å². The standard InChI is InChI=1S/C23H28N6O2/c1-14-10-15(2)29(28-14)23-26-21(12-22(27-23)25-17(4)30)19-7-5-6-18(11-19)16(3)31-20-8-9-24-13-20/h5-7,10-12,16,20,24H,8-9,13H2,1-4H3,(H,25,26,27,30)/t16-,20?/m0/s1. The maximum atomic E-state index is 11.7. The molecular weight excluding hydrogens is 392 g/mol. The van der Waals surface area contributed by atoms with Crippen LogP contribution in [0, 0.1) is 13.8 Å². The van der Waals surface area contributed by atoms with Gasteiger partial charge < -0.3 is 15.4 Å². The molecule has 3 aromatic rings. The van der Waals surface area contributed by atoms with Crippen LogP contribution in [0.4, 0.5) is 5.82 Å². The van der Waals surface area contributed by atoms with E-state index in [1.807, 2.05) is 32.0 Å². The van der Waals surface area contributed by atoms with Crippen LogP contribution in [-0.2, 0) is 9.53 Å². The van der Waals surface area contributed by atoms with Gasteiger partial charge in [0.1, 0.15) is 5.82 Å². The molecule has 4 rings (SSSR count). The number of aromatic nitrogens is 4. The van der Waals surface area contributed by atoms with Gasteiger partial charge in [-0.05, 0) is 51.4 Å². The number of carbonyl (C=O) groups is 1. The van der Waals surface area contributed by atoms with Gasteiger partial charge in [0.25, 0.3) is 5.95 Å². The molecule has 0 aliphatic carbocycles. The average Bonchev–Trinajstić information content (AvgIpc) is 3.36. The van der Waals surface area contributed by atoms with Crippen molar-refractivity contribution in [3.05, 3.63) is 53.3 Å². The van der Waals surface area contributed by atoms with Crippen molar-refractivity contribution in [3.8, 4) is 17.2 Å². The SMILES string of the molecule is CC(=O)Nc1cc(-c2cccc([C@H](C)OC3CCNC3)c2)nc(-n2nc(C)cc2C)n1. The highest BCUT2D eigenvalue weighted by Gasteiger charge is 2.19. The summed E-state index contributed by atoms with van der Waals surface area (Å²) < 4.78 is 7.90. The molecule has 0 spiro atoms. The molecule has 3 heterocycles. The van der Waals surface area contributed by atoms with E-state index in [0.717, 1.165) is 42.0 Å². The first-order valence-electron chi connectivity index (χ1n) is 10.6. The number of hydrogen-bond acceptors (Lipinski definition) is 6. The number of ether oxygens (including phenoxy) is 1. The Kier molecular flexibility index (Phi) is 6.11. The van der Waals surface area contributed by atoms with Gasteiger partial charge >= 0.3 is 0 Å². The number of amides is 1. The van der Waals surface area contributed by atoms with Crippen LogP contribution in [0.1, 0.15) is 43.3 Å². The fourth-order valence-corrected chi connectivity index (χ4v) is 3.82. The summed E-state index contributed by atoms with van der Waals surface area (Å²) in [5.74, 6) is 0.662. The molecule has 8 nitrogen and oxygen atoms in total. The van der Waals surface area contributed by atoms with E-state index >= 15 is 0 Å². The van der Waals surface area contributed by atoms with E-state index in [9.17, 15) is 4.79 Å². The van der Waals surface area contributed by atoms with Crippen molar-refractivity contribution in [2.24, 2.45) is 0 Å². The number of rotatable bonds is 6. The Labute approximate surface area is 182 Å². The number of benzene rings is 1. The zero-order chi connectivity index (χ0) is 22.0. The number of aryl methyl sites for hydroxylation is 2. The van der Waals surface area contributed by atoms with Gasteiger partial charge in [-0.1, -0.05) is 18.2 Å². The predicted molar refractivity (Wildman–Crippen MR) is 119 cm³/mol. The van der Waals surface area contributed by atoms with E-state index < -0.39 is 0 Å². The number of carbonyl (C=O) groups excluding carboxylic acids is 1. The lowest BCUT2D eigenvalue weighted by Crippen LogP contribution is -2.18. The van der Waals surface area contributed by atoms with E-state index in [-0.39, 0.29) is 18.1 Å². The molecule has 8 heteroatoms. The molecule has 0 saturated carbocycles. The van der Waals surface area contributed by atoms with Crippen molar-refractivity contribution in [2.75, 3.05) is 18.4 Å². The summed E-state index contributed by atoms with van der Waals surface area (Å²) in [6, 6.07) is 11.9. The summed E-state index contributed by atoms with van der Waals surface area (Å²) in [4.78, 5) is 20.9. The fourth-order valence-electron chi connectivity index (χ4n) is 3.82. The van der Waals surface area contributed by atoms with Crippen molar-refractivity contribution in [3.63, 3.8) is 0 Å². The molecule has 2 N–H and O–H groups in total. The van der Waals surface area contributed by atoms with Crippen LogP contribution < -0.4 is 10.6 Å². The van der Waals surface area contributed by atoms with E-state index in [1.54, 1.807) is 10.7 Å². The van der Waals surface area contributed by atoms with Crippen molar-refractivity contribution >= 4 is 11.7 Å². The molecule has 1 aliphatic heterocycles. The molecule has 2 atom stereocenters. The van der Waals surface area contributed by atoms with Crippen LogP contribution >= 0.6 is 0 Å². The first-order valence-corrected chi connectivity index (χ1v) is 10.6. The molecule has 1 unspecified atom stereocenters. The van der Waals surface area contributed by atoms with E-state index in [0.29, 0.717) is 17.5 Å². The molecule has 0 radical (unpaired) electrons. The number of nitrogens with zero attached hydrogens (tertiary/aromatic N) is 4. The van der Waals surface area contributed by atoms with E-state index in [2.05, 4.69) is 39.8 Å². The molecule has 1 aromatic carbocycles. The first-order chi connectivity index (χ1) is 14.9. The van der Waals surface area contributed by atoms with Gasteiger partial charge in [-0.2, -0.15) is 10.1 Å². The smallest absolute Gasteiger partial charge is 0.253 e. The zero-order valence-corrected chi connectivity index (χ0v) is 18.3. The summed E-state index contributed by atoms with van der Waals surface area (Å²) in [6.45, 7) is 9.30. The predicted octanol–water partition coefficient (Wildman–Crippen LogP) is 3.34. The molecule has 1 amide bonds. The highest BCUT2D eigenvalue weighted by molar-refractivity contribution is 5.88. The lowest BCUT2D eigenvalue weighted by molar-refractivity contribution is -0.114. The lowest BCUT2D eigenvalue weighted by Gasteiger charge is -2.19. The molecule has 1 saturated heterocycles. The van der Waals surface area contributed by atoms with Gasteiger partial charge in [0.15, 0.2) is 0 Å². The molecule has 2 aromatic heterocycles. The summed E-state index contributed by atoms with van der Waals surface area (Å²) in [5, 5.41) is 10.6. The highest BCUT2D eigenvalue weighted by atomic mass is 16.5. The maximum Gasteiger partial charge on any atom is 0.253 e. The van der Waals surface area contributed by atoms with Crippen LogP contribution in [0.5, 0.6) is 0 Å². The van der Waals surface area contributed by atoms with Gasteiger partial charge in [0.05, 0.1) is 23.6 Å². The maximum absolute atomic E-state index is 11.7. The number of hydrogen-bond donors (Lipinski definition) is 2. The topological polar surface area (TPSA) is 94.0 Å². The van der Waals surface area contributed by atoms with Crippen LogP contribution in [0.15, 0.2) is 36.4 Å². The molecular formula is C23H28N6O2. The Morgan fingerprint density at radius 1 is 1.26 bits per heavy atom. The Morgan fingerprint density at radius 3 is 2.77 bits per heavy atom. The number of nitrogens with one attached hydrogen (secondary N) is 2. The molecule has 1 fully saturated rings. The van der Waals surface area contributed by atoms with Crippen LogP contribution in [0.3, 0.4) is 0 Å². The number of anilines is 1. The fraction of sp³-hybridized carbons (Fsp3) is 0.391. The first kappa shape index (κ1) is 21.1. The minimum Gasteiger partial charge on any atom is -0.369 e. The Bertz CT molecular complexity index is 1090. The Hall–Kier alpha value is -3.10. The van der Waals surface area contributed by atoms with Gasteiger partial charge in [-0.25, -0.2) is 9.67 Å². The Balaban J connectivity index is 1.70. The molecule has 31 heavy (non-hydrogen) atoms. The second kappa shape index (κ2) is 8.95. The second-order valence-corrected chi connectivity index (χ2v) is 7.98. The summed E-state index contributed by atoms with van der Waals surface area (Å²) in [7, 11) is 0. The summed E-state index contributed by atoms with van der Waals surface area (Å²) >= 11 is 0. The molecule has 0 bridgehead atoms. The van der Waals surface area contributed by atoms with E-state index in [4.69, 9.17) is 9.72 Å². The third kappa shape index (κ3) is 4.98. The van der Waals surface area contributed by atoms with Gasteiger partial charge in [-0.3, -0.25) is 4.79 Å². The average molecular weight is 421 g/mol. The van der Waals surface area contributed by atoms with Crippen molar-refractivity contribution < 1.29 is 9.53 Å². The Morgan fingerprint density at radius 2 is 2.10 bits per heavy atom. The zero-order valence-electron chi connectivity index (χ0n) is 18.3. The van der Waals surface area contributed by atoms with E-state index in [1.165, 1.54) is 6.92 Å². The van der Waals surface area contributed by atoms with Gasteiger partial charge in [0, 0.05) is 30.8 Å². The second-order valence-electron chi connectivity index (χ2n) is 7.98. The van der Waals surface area contributed by atoms with Gasteiger partial charge in [-0.15, -0.1) is 0 Å². The third-order valence-electron chi connectivity index (χ3n) is 5.28. The quantitative estimate of drug-likeness (QED) is 0.635. The minimum absolute atomic E-state index is 0.0306. The van der Waals surface area contributed by atoms with Crippen LogP contribution in [0.2, 0.25) is 0 Å². The van der Waals surface area contributed by atoms with Crippen molar-refractivity contribution in [2.45, 2.75) is 46.3 Å². The third-order valence-corrected chi connectivity index (χ3v) is 5.28. The summed E-state index contributed by atoms with van der Waals surface area (Å²) in [5.41, 5.74) is 4.51. The summed E-state index contributed by atoms with van der Waals surface area (Å²) in [6.07, 6.45) is 1.24.